The standard InChI is InChI=1S/C16H11BrCl2N2O2/c1-2-23-16(22)8-5-11(17)14-13(6-8)20-15(21-14)10-4-3-9(18)7-12(10)19/h3-7H,2H2,1H3,(H,20,21). The molecule has 0 atom stereocenters. The highest BCUT2D eigenvalue weighted by atomic mass is 79.9. The Kier molecular flexibility index (Phi) is 4.62. The molecule has 0 aliphatic carbocycles. The summed E-state index contributed by atoms with van der Waals surface area (Å²) >= 11 is 15.6. The first-order chi connectivity index (χ1) is 11.0. The van der Waals surface area contributed by atoms with Crippen LogP contribution in [0.15, 0.2) is 34.8 Å². The number of halogens is 3. The zero-order valence-electron chi connectivity index (χ0n) is 12.0. The van der Waals surface area contributed by atoms with Crippen molar-refractivity contribution in [2.24, 2.45) is 0 Å². The highest BCUT2D eigenvalue weighted by Gasteiger charge is 2.15. The molecular formula is C16H11BrCl2N2O2. The number of carbonyl (C=O) groups is 1. The molecule has 1 aromatic heterocycles. The van der Waals surface area contributed by atoms with Crippen LogP contribution in [0.4, 0.5) is 0 Å². The molecule has 3 aromatic rings. The van der Waals surface area contributed by atoms with Gasteiger partial charge in [0.25, 0.3) is 0 Å². The van der Waals surface area contributed by atoms with Crippen LogP contribution in [0.3, 0.4) is 0 Å². The first-order valence-corrected chi connectivity index (χ1v) is 8.36. The molecule has 1 N–H and O–H groups in total. The number of hydrogen-bond acceptors (Lipinski definition) is 3. The lowest BCUT2D eigenvalue weighted by Gasteiger charge is -2.02. The number of nitrogens with zero attached hydrogens (tertiary/aromatic N) is 1. The van der Waals surface area contributed by atoms with Crippen molar-refractivity contribution >= 4 is 56.1 Å². The van der Waals surface area contributed by atoms with E-state index in [9.17, 15) is 4.79 Å². The van der Waals surface area contributed by atoms with Gasteiger partial charge in [-0.2, -0.15) is 0 Å². The second kappa shape index (κ2) is 6.51. The smallest absolute Gasteiger partial charge is 0.338 e. The molecular weight excluding hydrogens is 403 g/mol. The molecule has 2 aromatic carbocycles. The number of H-pyrrole nitrogens is 1. The van der Waals surface area contributed by atoms with Gasteiger partial charge in [-0.25, -0.2) is 9.78 Å². The summed E-state index contributed by atoms with van der Waals surface area (Å²) in [7, 11) is 0. The predicted octanol–water partition coefficient (Wildman–Crippen LogP) is 5.48. The minimum atomic E-state index is -0.379. The summed E-state index contributed by atoms with van der Waals surface area (Å²) in [5, 5.41) is 1.05. The third-order valence-electron chi connectivity index (χ3n) is 3.24. The van der Waals surface area contributed by atoms with Crippen molar-refractivity contribution in [1.29, 1.82) is 0 Å². The molecule has 7 heteroatoms. The van der Waals surface area contributed by atoms with E-state index in [1.807, 2.05) is 0 Å². The number of carbonyl (C=O) groups excluding carboxylic acids is 1. The second-order valence-corrected chi connectivity index (χ2v) is 6.48. The summed E-state index contributed by atoms with van der Waals surface area (Å²) < 4.78 is 5.73. The molecule has 0 radical (unpaired) electrons. The third kappa shape index (κ3) is 3.22. The van der Waals surface area contributed by atoms with E-state index in [-0.39, 0.29) is 5.97 Å². The Morgan fingerprint density at radius 2 is 2.09 bits per heavy atom. The summed E-state index contributed by atoms with van der Waals surface area (Å²) in [6.45, 7) is 2.09. The molecule has 1 heterocycles. The van der Waals surface area contributed by atoms with Crippen molar-refractivity contribution in [1.82, 2.24) is 9.97 Å². The quantitative estimate of drug-likeness (QED) is 0.578. The van der Waals surface area contributed by atoms with Gasteiger partial charge in [-0.1, -0.05) is 23.2 Å². The van der Waals surface area contributed by atoms with E-state index in [0.717, 1.165) is 5.56 Å². The Balaban J connectivity index is 2.11. The van der Waals surface area contributed by atoms with Gasteiger partial charge in [-0.15, -0.1) is 0 Å². The normalized spacial score (nSPS) is 11.0. The molecule has 0 fully saturated rings. The SMILES string of the molecule is CCOC(=O)c1cc(Br)c2nc(-c3ccc(Cl)cc3Cl)[nH]c2c1. The number of nitrogens with one attached hydrogen (secondary N) is 1. The average Bonchev–Trinajstić information content (AvgIpc) is 2.91. The van der Waals surface area contributed by atoms with E-state index in [1.54, 1.807) is 37.3 Å². The van der Waals surface area contributed by atoms with Crippen molar-refractivity contribution in [3.05, 3.63) is 50.4 Å². The maximum atomic E-state index is 11.9. The monoisotopic (exact) mass is 412 g/mol. The lowest BCUT2D eigenvalue weighted by Crippen LogP contribution is -2.04. The number of benzene rings is 2. The van der Waals surface area contributed by atoms with E-state index < -0.39 is 0 Å². The van der Waals surface area contributed by atoms with Crippen LogP contribution in [-0.4, -0.2) is 22.5 Å². The van der Waals surface area contributed by atoms with E-state index >= 15 is 0 Å². The zero-order chi connectivity index (χ0) is 16.6. The van der Waals surface area contributed by atoms with Gasteiger partial charge in [-0.05, 0) is 53.2 Å². The Bertz CT molecular complexity index is 908. The first kappa shape index (κ1) is 16.3. The number of aromatic nitrogens is 2. The third-order valence-corrected chi connectivity index (χ3v) is 4.39. The molecule has 0 saturated heterocycles. The summed E-state index contributed by atoms with van der Waals surface area (Å²) in [4.78, 5) is 19.6. The number of rotatable bonds is 3. The van der Waals surface area contributed by atoms with Crippen molar-refractivity contribution in [3.8, 4) is 11.4 Å². The van der Waals surface area contributed by atoms with Crippen LogP contribution in [0, 0.1) is 0 Å². The van der Waals surface area contributed by atoms with Crippen LogP contribution in [0.2, 0.25) is 10.0 Å². The second-order valence-electron chi connectivity index (χ2n) is 4.78. The number of hydrogen-bond donors (Lipinski definition) is 1. The van der Waals surface area contributed by atoms with E-state index in [2.05, 4.69) is 25.9 Å². The van der Waals surface area contributed by atoms with Gasteiger partial charge in [0, 0.05) is 15.1 Å². The lowest BCUT2D eigenvalue weighted by molar-refractivity contribution is 0.0526. The lowest BCUT2D eigenvalue weighted by atomic mass is 10.2. The van der Waals surface area contributed by atoms with E-state index in [0.29, 0.717) is 43.5 Å². The summed E-state index contributed by atoms with van der Waals surface area (Å²) in [5.41, 5.74) is 2.60. The maximum absolute atomic E-state index is 11.9. The van der Waals surface area contributed by atoms with Crippen LogP contribution in [0.5, 0.6) is 0 Å². The Labute approximate surface area is 150 Å². The number of fused-ring (bicyclic) bond motifs is 1. The summed E-state index contributed by atoms with van der Waals surface area (Å²) in [5.74, 6) is 0.221. The molecule has 0 unspecified atom stereocenters. The van der Waals surface area contributed by atoms with Gasteiger partial charge < -0.3 is 9.72 Å². The largest absolute Gasteiger partial charge is 0.462 e. The van der Waals surface area contributed by atoms with E-state index in [1.165, 1.54) is 0 Å². The van der Waals surface area contributed by atoms with Crippen LogP contribution in [0.1, 0.15) is 17.3 Å². The number of imidazole rings is 1. The van der Waals surface area contributed by atoms with Crippen LogP contribution >= 0.6 is 39.1 Å². The number of ether oxygens (including phenoxy) is 1. The van der Waals surface area contributed by atoms with Gasteiger partial charge in [0.15, 0.2) is 0 Å². The van der Waals surface area contributed by atoms with Gasteiger partial charge in [0.2, 0.25) is 0 Å². The fourth-order valence-electron chi connectivity index (χ4n) is 2.22. The van der Waals surface area contributed by atoms with Crippen LogP contribution < -0.4 is 0 Å². The van der Waals surface area contributed by atoms with Gasteiger partial charge in [0.05, 0.1) is 22.7 Å². The molecule has 0 amide bonds. The minimum absolute atomic E-state index is 0.323. The molecule has 23 heavy (non-hydrogen) atoms. The number of esters is 1. The average molecular weight is 414 g/mol. The topological polar surface area (TPSA) is 55.0 Å². The Morgan fingerprint density at radius 3 is 2.78 bits per heavy atom. The van der Waals surface area contributed by atoms with Crippen LogP contribution in [0.25, 0.3) is 22.4 Å². The molecule has 4 nitrogen and oxygen atoms in total. The Morgan fingerprint density at radius 1 is 1.30 bits per heavy atom. The fraction of sp³-hybridized carbons (Fsp3) is 0.125. The molecule has 0 saturated carbocycles. The Hall–Kier alpha value is -1.56. The minimum Gasteiger partial charge on any atom is -0.462 e. The maximum Gasteiger partial charge on any atom is 0.338 e. The first-order valence-electron chi connectivity index (χ1n) is 6.81. The van der Waals surface area contributed by atoms with E-state index in [4.69, 9.17) is 27.9 Å². The molecule has 118 valence electrons. The van der Waals surface area contributed by atoms with Crippen molar-refractivity contribution in [2.45, 2.75) is 6.92 Å². The highest BCUT2D eigenvalue weighted by Crippen LogP contribution is 2.32. The van der Waals surface area contributed by atoms with Crippen LogP contribution in [-0.2, 0) is 4.74 Å². The molecule has 0 aliphatic heterocycles. The molecule has 0 bridgehead atoms. The zero-order valence-corrected chi connectivity index (χ0v) is 15.1. The van der Waals surface area contributed by atoms with Gasteiger partial charge in [-0.3, -0.25) is 0 Å². The summed E-state index contributed by atoms with van der Waals surface area (Å²) in [6, 6.07) is 8.59. The fourth-order valence-corrected chi connectivity index (χ4v) is 3.26. The predicted molar refractivity (Wildman–Crippen MR) is 95.2 cm³/mol. The molecule has 0 spiro atoms. The van der Waals surface area contributed by atoms with Crippen molar-refractivity contribution < 1.29 is 9.53 Å². The molecule has 0 aliphatic rings. The number of aromatic amines is 1. The van der Waals surface area contributed by atoms with Gasteiger partial charge >= 0.3 is 5.97 Å². The molecule has 3 rings (SSSR count). The van der Waals surface area contributed by atoms with Crippen molar-refractivity contribution in [2.75, 3.05) is 6.61 Å². The highest BCUT2D eigenvalue weighted by molar-refractivity contribution is 9.10. The summed E-state index contributed by atoms with van der Waals surface area (Å²) in [6.07, 6.45) is 0. The van der Waals surface area contributed by atoms with Gasteiger partial charge in [0.1, 0.15) is 11.3 Å². The van der Waals surface area contributed by atoms with Crippen molar-refractivity contribution in [3.63, 3.8) is 0 Å².